The Labute approximate surface area is 210 Å². The third kappa shape index (κ3) is 11.2. The fourth-order valence-electron chi connectivity index (χ4n) is 2.91. The van der Waals surface area contributed by atoms with Crippen LogP contribution in [0.2, 0.25) is 0 Å². The zero-order valence-electron chi connectivity index (χ0n) is 18.4. The second-order valence-corrected chi connectivity index (χ2v) is 7.72. The van der Waals surface area contributed by atoms with E-state index in [1.807, 2.05) is 31.2 Å². The summed E-state index contributed by atoms with van der Waals surface area (Å²) in [7, 11) is 0. The van der Waals surface area contributed by atoms with Gasteiger partial charge in [-0.1, -0.05) is 51.2 Å². The molecule has 164 valence electrons. The SMILES string of the molecule is CCCCCCCCOc1ccc(SOO[O-])cc1NC(=O)Nc1cccc(C)c1.[Na+]. The molecular weight excluding hydrogens is 427 g/mol. The van der Waals surface area contributed by atoms with Crippen LogP contribution in [0.3, 0.4) is 0 Å². The van der Waals surface area contributed by atoms with Gasteiger partial charge in [-0.3, -0.25) is 5.04 Å². The van der Waals surface area contributed by atoms with Crippen molar-refractivity contribution in [1.82, 2.24) is 0 Å². The molecule has 2 N–H and O–H groups in total. The number of aryl methyl sites for hydroxylation is 1. The minimum Gasteiger partial charge on any atom is -0.691 e. The van der Waals surface area contributed by atoms with E-state index < -0.39 is 6.03 Å². The number of hydrogen-bond acceptors (Lipinski definition) is 6. The molecule has 0 radical (unpaired) electrons. The molecule has 2 amide bonds. The fraction of sp³-hybridized carbons (Fsp3) is 0.409. The van der Waals surface area contributed by atoms with Crippen molar-refractivity contribution in [2.45, 2.75) is 57.3 Å². The molecule has 31 heavy (non-hydrogen) atoms. The molecule has 0 heterocycles. The molecule has 2 aromatic rings. The van der Waals surface area contributed by atoms with Crippen LogP contribution in [0.15, 0.2) is 47.4 Å². The first-order chi connectivity index (χ1) is 14.6. The number of carbonyl (C=O) groups is 1. The second kappa shape index (κ2) is 16.4. The van der Waals surface area contributed by atoms with Crippen molar-refractivity contribution in [2.75, 3.05) is 17.2 Å². The summed E-state index contributed by atoms with van der Waals surface area (Å²) in [5.41, 5.74) is 2.21. The van der Waals surface area contributed by atoms with Gasteiger partial charge in [0.1, 0.15) is 5.75 Å². The Hall–Kier alpha value is -1.26. The molecule has 0 saturated carbocycles. The van der Waals surface area contributed by atoms with Gasteiger partial charge in [0.2, 0.25) is 0 Å². The summed E-state index contributed by atoms with van der Waals surface area (Å²) in [4.78, 5) is 13.0. The third-order valence-electron chi connectivity index (χ3n) is 4.39. The molecule has 0 saturated heterocycles. The topological polar surface area (TPSA) is 91.9 Å². The summed E-state index contributed by atoms with van der Waals surface area (Å²) in [6.45, 7) is 4.71. The number of amides is 2. The summed E-state index contributed by atoms with van der Waals surface area (Å²) in [5, 5.41) is 19.1. The van der Waals surface area contributed by atoms with Gasteiger partial charge < -0.3 is 20.6 Å². The third-order valence-corrected chi connectivity index (χ3v) is 4.96. The van der Waals surface area contributed by atoms with E-state index in [0.717, 1.165) is 30.4 Å². The molecule has 0 aliphatic carbocycles. The second-order valence-electron chi connectivity index (χ2n) is 6.94. The van der Waals surface area contributed by atoms with E-state index in [4.69, 9.17) is 4.74 Å². The van der Waals surface area contributed by atoms with Crippen LogP contribution in [0, 0.1) is 6.92 Å². The molecule has 0 atom stereocenters. The van der Waals surface area contributed by atoms with E-state index in [0.29, 0.717) is 28.6 Å². The molecule has 0 aliphatic heterocycles. The van der Waals surface area contributed by atoms with Gasteiger partial charge in [-0.15, -0.1) is 0 Å². The largest absolute Gasteiger partial charge is 1.00 e. The van der Waals surface area contributed by atoms with E-state index in [-0.39, 0.29) is 29.6 Å². The summed E-state index contributed by atoms with van der Waals surface area (Å²) in [6, 6.07) is 12.2. The molecule has 2 aromatic carbocycles. The number of anilines is 2. The van der Waals surface area contributed by atoms with Crippen molar-refractivity contribution in [3.8, 4) is 5.75 Å². The quantitative estimate of drug-likeness (QED) is 0.158. The van der Waals surface area contributed by atoms with Crippen LogP contribution in [0.4, 0.5) is 16.2 Å². The smallest absolute Gasteiger partial charge is 0.691 e. The predicted molar refractivity (Wildman–Crippen MR) is 117 cm³/mol. The number of benzene rings is 2. The molecule has 2 rings (SSSR count). The number of hydrogen-bond donors (Lipinski definition) is 2. The van der Waals surface area contributed by atoms with Gasteiger partial charge in [0, 0.05) is 10.6 Å². The van der Waals surface area contributed by atoms with Crippen LogP contribution in [-0.2, 0) is 9.37 Å². The van der Waals surface area contributed by atoms with Crippen molar-refractivity contribution < 1.29 is 53.7 Å². The fourth-order valence-corrected chi connectivity index (χ4v) is 3.31. The van der Waals surface area contributed by atoms with E-state index in [1.165, 1.54) is 25.7 Å². The summed E-state index contributed by atoms with van der Waals surface area (Å²) < 4.78 is 10.3. The number of urea groups is 1. The number of nitrogens with one attached hydrogen (secondary N) is 2. The molecule has 0 aliphatic rings. The summed E-state index contributed by atoms with van der Waals surface area (Å²) >= 11 is 0.754. The summed E-state index contributed by atoms with van der Waals surface area (Å²) in [6.07, 6.45) is 6.99. The minimum atomic E-state index is -0.395. The maximum absolute atomic E-state index is 12.5. The van der Waals surface area contributed by atoms with Crippen molar-refractivity contribution in [1.29, 1.82) is 0 Å². The first kappa shape index (κ1) is 27.8. The minimum absolute atomic E-state index is 0. The maximum Gasteiger partial charge on any atom is 1.00 e. The van der Waals surface area contributed by atoms with Gasteiger partial charge in [0.25, 0.3) is 0 Å². The van der Waals surface area contributed by atoms with Crippen LogP contribution in [-0.4, -0.2) is 12.6 Å². The molecule has 9 heteroatoms. The molecule has 0 unspecified atom stereocenters. The van der Waals surface area contributed by atoms with Crippen molar-refractivity contribution >= 4 is 29.4 Å². The van der Waals surface area contributed by atoms with Crippen LogP contribution < -0.4 is 50.2 Å². The molecule has 0 spiro atoms. The Morgan fingerprint density at radius 3 is 2.55 bits per heavy atom. The average Bonchev–Trinajstić information content (AvgIpc) is 2.72. The molecular formula is C22H29N2NaO5S. The Morgan fingerprint density at radius 2 is 1.81 bits per heavy atom. The van der Waals surface area contributed by atoms with Gasteiger partial charge in [-0.25, -0.2) is 4.79 Å². The van der Waals surface area contributed by atoms with Gasteiger partial charge >= 0.3 is 35.6 Å². The van der Waals surface area contributed by atoms with Crippen molar-refractivity contribution in [2.24, 2.45) is 0 Å². The van der Waals surface area contributed by atoms with Crippen LogP contribution >= 0.6 is 12.0 Å². The average molecular weight is 457 g/mol. The van der Waals surface area contributed by atoms with Crippen molar-refractivity contribution in [3.05, 3.63) is 48.0 Å². The van der Waals surface area contributed by atoms with Gasteiger partial charge in [0.05, 0.1) is 24.3 Å². The zero-order valence-corrected chi connectivity index (χ0v) is 21.3. The first-order valence-electron chi connectivity index (χ1n) is 10.2. The first-order valence-corrected chi connectivity index (χ1v) is 10.9. The molecule has 0 bridgehead atoms. The molecule has 7 nitrogen and oxygen atoms in total. The maximum atomic E-state index is 12.5. The monoisotopic (exact) mass is 456 g/mol. The number of rotatable bonds is 13. The van der Waals surface area contributed by atoms with E-state index in [9.17, 15) is 10.1 Å². The van der Waals surface area contributed by atoms with Gasteiger partial charge in [-0.2, -0.15) is 4.33 Å². The number of ether oxygens (including phenoxy) is 1. The predicted octanol–water partition coefficient (Wildman–Crippen LogP) is 2.61. The van der Waals surface area contributed by atoms with E-state index in [1.54, 1.807) is 18.2 Å². The normalized spacial score (nSPS) is 10.3. The van der Waals surface area contributed by atoms with Crippen LogP contribution in [0.5, 0.6) is 5.75 Å². The number of carbonyl (C=O) groups excluding carboxylic acids is 1. The zero-order chi connectivity index (χ0) is 21.6. The van der Waals surface area contributed by atoms with E-state index >= 15 is 0 Å². The Morgan fingerprint density at radius 1 is 1.03 bits per heavy atom. The van der Waals surface area contributed by atoms with Crippen molar-refractivity contribution in [3.63, 3.8) is 0 Å². The van der Waals surface area contributed by atoms with Gasteiger partial charge in [0.15, 0.2) is 0 Å². The molecule has 0 aromatic heterocycles. The van der Waals surface area contributed by atoms with Crippen LogP contribution in [0.1, 0.15) is 51.0 Å². The molecule has 0 fully saturated rings. The van der Waals surface area contributed by atoms with E-state index in [2.05, 4.69) is 26.9 Å². The Kier molecular flexibility index (Phi) is 14.7. The Balaban J connectivity index is 0.00000480. The standard InChI is InChI=1S/C22H30N2O5S.Na/c1-3-4-5-6-7-8-14-27-21-13-12-19(30-29-28-26)16-20(21)24-22(25)23-18-11-9-10-17(2)15-18;/h9-13,15-16,26H,3-8,14H2,1-2H3,(H2,23,24,25);/q;+1/p-1. The number of unbranched alkanes of at least 4 members (excludes halogenated alkanes) is 5. The summed E-state index contributed by atoms with van der Waals surface area (Å²) in [5.74, 6) is 0.551. The van der Waals surface area contributed by atoms with Gasteiger partial charge in [-0.05, 0) is 49.2 Å². The van der Waals surface area contributed by atoms with Crippen LogP contribution in [0.25, 0.3) is 0 Å². The Bertz CT molecular complexity index is 794.